The molecule has 0 unspecified atom stereocenters. The van der Waals surface area contributed by atoms with E-state index in [-0.39, 0.29) is 0 Å². The summed E-state index contributed by atoms with van der Waals surface area (Å²) in [5.74, 6) is 1.18. The number of rotatable bonds is 4. The molecule has 3 rings (SSSR count). The number of aryl methyl sites for hydroxylation is 1. The van der Waals surface area contributed by atoms with Crippen LogP contribution in [0.4, 0.5) is 0 Å². The van der Waals surface area contributed by atoms with Crippen LogP contribution in [0.3, 0.4) is 0 Å². The van der Waals surface area contributed by atoms with Gasteiger partial charge in [-0.3, -0.25) is 0 Å². The molecule has 6 nitrogen and oxygen atoms in total. The fourth-order valence-corrected chi connectivity index (χ4v) is 3.31. The van der Waals surface area contributed by atoms with Crippen LogP contribution in [0.15, 0.2) is 33.8 Å². The summed E-state index contributed by atoms with van der Waals surface area (Å²) in [6.45, 7) is 6.20. The summed E-state index contributed by atoms with van der Waals surface area (Å²) in [6, 6.07) is 8.06. The zero-order valence-electron chi connectivity index (χ0n) is 11.9. The molecule has 0 radical (unpaired) electrons. The van der Waals surface area contributed by atoms with Gasteiger partial charge in [-0.05, 0) is 52.8 Å². The Morgan fingerprint density at radius 3 is 2.62 bits per heavy atom. The summed E-state index contributed by atoms with van der Waals surface area (Å²) in [4.78, 5) is 4.50. The van der Waals surface area contributed by atoms with Crippen molar-refractivity contribution in [2.75, 3.05) is 0 Å². The Bertz CT molecular complexity index is 731. The standard InChI is InChI=1S/C13H14N6S2/c1-8(2)11-14-13(21-16-11)20-12-15-17-18-19(12)10-6-4-9(3)5-7-10/h4-8H,1-3H3. The number of benzene rings is 1. The first-order valence-electron chi connectivity index (χ1n) is 6.50. The summed E-state index contributed by atoms with van der Waals surface area (Å²) in [7, 11) is 0. The van der Waals surface area contributed by atoms with Gasteiger partial charge in [-0.1, -0.05) is 31.5 Å². The number of nitrogens with zero attached hydrogens (tertiary/aromatic N) is 6. The molecule has 0 fully saturated rings. The minimum absolute atomic E-state index is 0.323. The number of hydrogen-bond acceptors (Lipinski definition) is 7. The number of aromatic nitrogens is 6. The molecule has 0 aliphatic carbocycles. The molecule has 0 N–H and O–H groups in total. The molecule has 2 heterocycles. The lowest BCUT2D eigenvalue weighted by Gasteiger charge is -2.02. The number of hydrogen-bond donors (Lipinski definition) is 0. The third kappa shape index (κ3) is 3.11. The maximum absolute atomic E-state index is 4.50. The van der Waals surface area contributed by atoms with Gasteiger partial charge in [-0.2, -0.15) is 9.06 Å². The minimum Gasteiger partial charge on any atom is -0.212 e. The van der Waals surface area contributed by atoms with E-state index in [0.717, 1.165) is 15.9 Å². The highest BCUT2D eigenvalue weighted by Crippen LogP contribution is 2.29. The minimum atomic E-state index is 0.323. The molecule has 3 aromatic rings. The Balaban J connectivity index is 1.86. The smallest absolute Gasteiger partial charge is 0.212 e. The Hall–Kier alpha value is -1.80. The van der Waals surface area contributed by atoms with Gasteiger partial charge in [0.15, 0.2) is 4.34 Å². The molecule has 108 valence electrons. The topological polar surface area (TPSA) is 69.4 Å². The SMILES string of the molecule is Cc1ccc(-n2nnnc2Sc2nc(C(C)C)ns2)cc1. The molecule has 1 aromatic carbocycles. The fourth-order valence-electron chi connectivity index (χ4n) is 1.66. The summed E-state index contributed by atoms with van der Waals surface area (Å²) >= 11 is 2.81. The second-order valence-corrected chi connectivity index (χ2v) is 6.85. The zero-order valence-corrected chi connectivity index (χ0v) is 13.5. The van der Waals surface area contributed by atoms with Crippen molar-refractivity contribution in [3.8, 4) is 5.69 Å². The van der Waals surface area contributed by atoms with Gasteiger partial charge in [0.05, 0.1) is 5.69 Å². The predicted octanol–water partition coefficient (Wildman–Crippen LogP) is 3.10. The lowest BCUT2D eigenvalue weighted by atomic mass is 10.2. The molecule has 0 amide bonds. The van der Waals surface area contributed by atoms with Gasteiger partial charge in [0.1, 0.15) is 5.82 Å². The van der Waals surface area contributed by atoms with E-state index in [0.29, 0.717) is 11.1 Å². The van der Waals surface area contributed by atoms with Gasteiger partial charge in [0.25, 0.3) is 0 Å². The molecule has 21 heavy (non-hydrogen) atoms. The molecule has 0 aliphatic heterocycles. The van der Waals surface area contributed by atoms with Crippen molar-refractivity contribution in [1.82, 2.24) is 29.6 Å². The van der Waals surface area contributed by atoms with Crippen LogP contribution in [0.25, 0.3) is 5.69 Å². The molecule has 0 saturated carbocycles. The molecule has 8 heteroatoms. The third-order valence-electron chi connectivity index (χ3n) is 2.84. The summed E-state index contributed by atoms with van der Waals surface area (Å²) < 4.78 is 6.90. The van der Waals surface area contributed by atoms with Crippen LogP contribution in [0.2, 0.25) is 0 Å². The molecular formula is C13H14N6S2. The Labute approximate surface area is 130 Å². The summed E-state index contributed by atoms with van der Waals surface area (Å²) in [5.41, 5.74) is 2.13. The van der Waals surface area contributed by atoms with Gasteiger partial charge in [-0.25, -0.2) is 4.98 Å². The van der Waals surface area contributed by atoms with Crippen LogP contribution >= 0.6 is 23.3 Å². The van der Waals surface area contributed by atoms with Crippen LogP contribution in [0, 0.1) is 6.92 Å². The van der Waals surface area contributed by atoms with Gasteiger partial charge >= 0.3 is 0 Å². The lowest BCUT2D eigenvalue weighted by molar-refractivity contribution is 0.755. The predicted molar refractivity (Wildman–Crippen MR) is 82.0 cm³/mol. The summed E-state index contributed by atoms with van der Waals surface area (Å²) in [6.07, 6.45) is 0. The molecule has 0 atom stereocenters. The van der Waals surface area contributed by atoms with Crippen LogP contribution in [-0.4, -0.2) is 29.6 Å². The van der Waals surface area contributed by atoms with E-state index in [1.165, 1.54) is 28.9 Å². The average Bonchev–Trinajstić information content (AvgIpc) is 3.10. The van der Waals surface area contributed by atoms with Gasteiger partial charge < -0.3 is 0 Å². The highest BCUT2D eigenvalue weighted by Gasteiger charge is 2.14. The van der Waals surface area contributed by atoms with E-state index in [4.69, 9.17) is 0 Å². The van der Waals surface area contributed by atoms with Crippen molar-refractivity contribution in [2.45, 2.75) is 36.2 Å². The normalized spacial score (nSPS) is 11.2. The third-order valence-corrected chi connectivity index (χ3v) is 4.54. The largest absolute Gasteiger partial charge is 0.221 e. The number of tetrazole rings is 1. The first-order chi connectivity index (χ1) is 10.1. The van der Waals surface area contributed by atoms with E-state index in [9.17, 15) is 0 Å². The second kappa shape index (κ2) is 5.90. The van der Waals surface area contributed by atoms with E-state index >= 15 is 0 Å². The summed E-state index contributed by atoms with van der Waals surface area (Å²) in [5, 5.41) is 12.6. The average molecular weight is 318 g/mol. The molecule has 0 saturated heterocycles. The molecule has 0 aliphatic rings. The van der Waals surface area contributed by atoms with Crippen LogP contribution in [0.1, 0.15) is 31.2 Å². The first-order valence-corrected chi connectivity index (χ1v) is 8.09. The maximum Gasteiger partial charge on any atom is 0.221 e. The van der Waals surface area contributed by atoms with Gasteiger partial charge in [-0.15, -0.1) is 5.10 Å². The van der Waals surface area contributed by atoms with Crippen LogP contribution in [0.5, 0.6) is 0 Å². The van der Waals surface area contributed by atoms with Crippen molar-refractivity contribution in [1.29, 1.82) is 0 Å². The van der Waals surface area contributed by atoms with E-state index in [1.807, 2.05) is 31.2 Å². The molecule has 0 bridgehead atoms. The van der Waals surface area contributed by atoms with Crippen molar-refractivity contribution in [3.05, 3.63) is 35.7 Å². The maximum atomic E-state index is 4.50. The van der Waals surface area contributed by atoms with E-state index < -0.39 is 0 Å². The first kappa shape index (κ1) is 14.2. The van der Waals surface area contributed by atoms with E-state index in [1.54, 1.807) is 4.68 Å². The van der Waals surface area contributed by atoms with Crippen LogP contribution < -0.4 is 0 Å². The van der Waals surface area contributed by atoms with Crippen molar-refractivity contribution >= 4 is 23.3 Å². The molecule has 2 aromatic heterocycles. The molecular weight excluding hydrogens is 304 g/mol. The quantitative estimate of drug-likeness (QED) is 0.736. The van der Waals surface area contributed by atoms with Crippen LogP contribution in [-0.2, 0) is 0 Å². The lowest BCUT2D eigenvalue weighted by Crippen LogP contribution is -1.98. The van der Waals surface area contributed by atoms with E-state index in [2.05, 4.69) is 38.7 Å². The Morgan fingerprint density at radius 2 is 1.95 bits per heavy atom. The monoisotopic (exact) mass is 318 g/mol. The van der Waals surface area contributed by atoms with Gasteiger partial charge in [0.2, 0.25) is 5.16 Å². The zero-order chi connectivity index (χ0) is 14.8. The Kier molecular flexibility index (Phi) is 3.98. The van der Waals surface area contributed by atoms with Crippen molar-refractivity contribution in [3.63, 3.8) is 0 Å². The molecule has 0 spiro atoms. The second-order valence-electron chi connectivity index (χ2n) is 4.88. The van der Waals surface area contributed by atoms with Gasteiger partial charge in [0, 0.05) is 5.92 Å². The highest BCUT2D eigenvalue weighted by molar-refractivity contribution is 8.00. The highest BCUT2D eigenvalue weighted by atomic mass is 32.2. The van der Waals surface area contributed by atoms with Crippen molar-refractivity contribution in [2.24, 2.45) is 0 Å². The Morgan fingerprint density at radius 1 is 1.19 bits per heavy atom. The van der Waals surface area contributed by atoms with Crippen molar-refractivity contribution < 1.29 is 0 Å². The fraction of sp³-hybridized carbons (Fsp3) is 0.308.